The van der Waals surface area contributed by atoms with Crippen LogP contribution in [0.15, 0.2) is 4.42 Å². The number of hydrogen-bond donors (Lipinski definition) is 0. The molecular weight excluding hydrogens is 328 g/mol. The lowest BCUT2D eigenvalue weighted by Crippen LogP contribution is -2.33. The van der Waals surface area contributed by atoms with Gasteiger partial charge in [0.05, 0.1) is 5.41 Å². The van der Waals surface area contributed by atoms with E-state index < -0.39 is 0 Å². The molecule has 7 nitrogen and oxygen atoms in total. The van der Waals surface area contributed by atoms with Crippen LogP contribution in [0.3, 0.4) is 0 Å². The van der Waals surface area contributed by atoms with E-state index in [0.29, 0.717) is 17.7 Å². The van der Waals surface area contributed by atoms with E-state index in [1.807, 2.05) is 6.92 Å². The van der Waals surface area contributed by atoms with E-state index in [1.54, 1.807) is 0 Å². The summed E-state index contributed by atoms with van der Waals surface area (Å²) in [5.41, 5.74) is 0.0113. The van der Waals surface area contributed by atoms with Crippen LogP contribution >= 0.6 is 0 Å². The van der Waals surface area contributed by atoms with Crippen LogP contribution < -0.4 is 4.90 Å². The number of hydrogen-bond acceptors (Lipinski definition) is 6. The van der Waals surface area contributed by atoms with Crippen molar-refractivity contribution in [3.8, 4) is 0 Å². The number of fused-ring (bicyclic) bond motifs is 1. The van der Waals surface area contributed by atoms with Crippen LogP contribution in [0.2, 0.25) is 0 Å². The second-order valence-corrected chi connectivity index (χ2v) is 8.94. The van der Waals surface area contributed by atoms with Crippen molar-refractivity contribution >= 4 is 5.95 Å². The molecule has 7 heteroatoms. The van der Waals surface area contributed by atoms with Crippen molar-refractivity contribution in [2.24, 2.45) is 11.8 Å². The van der Waals surface area contributed by atoms with Crippen LogP contribution in [0, 0.1) is 18.8 Å². The second kappa shape index (κ2) is 5.30. The monoisotopic (exact) mass is 354 g/mol. The summed E-state index contributed by atoms with van der Waals surface area (Å²) >= 11 is 0. The molecule has 3 saturated carbocycles. The highest BCUT2D eigenvalue weighted by molar-refractivity contribution is 5.39. The maximum Gasteiger partial charge on any atom is 0.227 e. The smallest absolute Gasteiger partial charge is 0.227 e. The number of rotatable bonds is 5. The molecule has 0 unspecified atom stereocenters. The standard InChI is InChI=1S/C19H26N6O/c1-12-20-22-17(26-12)19-8-2-3-15(19)10-24(11-19)18-23-21-16(14-6-7-14)25(18)9-13-4-5-13/h13-15H,2-11H2,1H3/t15-,19-/m0/s1. The molecule has 2 aromatic heterocycles. The number of aryl methyl sites for hydroxylation is 1. The maximum absolute atomic E-state index is 5.92. The Morgan fingerprint density at radius 3 is 2.69 bits per heavy atom. The lowest BCUT2D eigenvalue weighted by atomic mass is 9.80. The Morgan fingerprint density at radius 2 is 1.96 bits per heavy atom. The maximum atomic E-state index is 5.92. The minimum absolute atomic E-state index is 0.0113. The van der Waals surface area contributed by atoms with Gasteiger partial charge in [0.2, 0.25) is 17.7 Å². The minimum atomic E-state index is 0.0113. The van der Waals surface area contributed by atoms with Gasteiger partial charge < -0.3 is 9.32 Å². The number of nitrogens with zero attached hydrogens (tertiary/aromatic N) is 6. The second-order valence-electron chi connectivity index (χ2n) is 8.94. The topological polar surface area (TPSA) is 72.9 Å². The van der Waals surface area contributed by atoms with Crippen molar-refractivity contribution in [1.82, 2.24) is 25.0 Å². The van der Waals surface area contributed by atoms with Crippen molar-refractivity contribution in [1.29, 1.82) is 0 Å². The molecule has 1 aliphatic heterocycles. The summed E-state index contributed by atoms with van der Waals surface area (Å²) in [6, 6.07) is 0. The van der Waals surface area contributed by atoms with Gasteiger partial charge in [0.15, 0.2) is 0 Å². The van der Waals surface area contributed by atoms with Crippen LogP contribution in [0.1, 0.15) is 68.5 Å². The van der Waals surface area contributed by atoms with Crippen molar-refractivity contribution in [3.05, 3.63) is 17.6 Å². The highest BCUT2D eigenvalue weighted by Gasteiger charge is 2.55. The number of anilines is 1. The Hall–Kier alpha value is -1.92. The molecule has 0 aromatic carbocycles. The van der Waals surface area contributed by atoms with Gasteiger partial charge in [-0.3, -0.25) is 4.57 Å². The molecule has 0 amide bonds. The van der Waals surface area contributed by atoms with Crippen LogP contribution in [-0.4, -0.2) is 38.1 Å². The first-order valence-electron chi connectivity index (χ1n) is 10.2. The van der Waals surface area contributed by atoms with E-state index >= 15 is 0 Å². The van der Waals surface area contributed by atoms with Crippen LogP contribution in [0.25, 0.3) is 0 Å². The summed E-state index contributed by atoms with van der Waals surface area (Å²) in [5, 5.41) is 17.8. The Balaban J connectivity index is 1.35. The molecule has 0 radical (unpaired) electrons. The van der Waals surface area contributed by atoms with Gasteiger partial charge >= 0.3 is 0 Å². The van der Waals surface area contributed by atoms with Gasteiger partial charge in [-0.25, -0.2) is 0 Å². The van der Waals surface area contributed by atoms with E-state index in [-0.39, 0.29) is 5.41 Å². The fourth-order valence-corrected chi connectivity index (χ4v) is 5.21. The molecular formula is C19H26N6O. The van der Waals surface area contributed by atoms with Gasteiger partial charge in [-0.1, -0.05) is 6.42 Å². The molecule has 26 heavy (non-hydrogen) atoms. The molecule has 6 rings (SSSR count). The summed E-state index contributed by atoms with van der Waals surface area (Å²) in [4.78, 5) is 2.46. The average Bonchev–Trinajstić information content (AvgIpc) is 3.45. The van der Waals surface area contributed by atoms with E-state index in [4.69, 9.17) is 4.42 Å². The summed E-state index contributed by atoms with van der Waals surface area (Å²) in [7, 11) is 0. The summed E-state index contributed by atoms with van der Waals surface area (Å²) in [5.74, 6) is 5.89. The third-order valence-electron chi connectivity index (χ3n) is 6.95. The lowest BCUT2D eigenvalue weighted by Gasteiger charge is -2.25. The van der Waals surface area contributed by atoms with Gasteiger partial charge in [-0.15, -0.1) is 20.4 Å². The predicted octanol–water partition coefficient (Wildman–Crippen LogP) is 2.82. The van der Waals surface area contributed by atoms with Gasteiger partial charge in [-0.05, 0) is 50.4 Å². The Morgan fingerprint density at radius 1 is 1.08 bits per heavy atom. The first kappa shape index (κ1) is 15.2. The van der Waals surface area contributed by atoms with E-state index in [0.717, 1.165) is 43.8 Å². The van der Waals surface area contributed by atoms with Gasteiger partial charge in [-0.2, -0.15) is 0 Å². The minimum Gasteiger partial charge on any atom is -0.425 e. The molecule has 0 N–H and O–H groups in total. The van der Waals surface area contributed by atoms with Gasteiger partial charge in [0.25, 0.3) is 0 Å². The highest BCUT2D eigenvalue weighted by Crippen LogP contribution is 2.51. The molecule has 3 aliphatic carbocycles. The summed E-state index contributed by atoms with van der Waals surface area (Å²) in [6.45, 7) is 4.96. The molecule has 4 aliphatic rings. The normalized spacial score (nSPS) is 31.0. The molecule has 0 bridgehead atoms. The van der Waals surface area contributed by atoms with Crippen LogP contribution in [-0.2, 0) is 12.0 Å². The SMILES string of the molecule is Cc1nnc([C@]23CCC[C@H]2CN(c2nnc(C4CC4)n2CC2CC2)C3)o1. The predicted molar refractivity (Wildman–Crippen MR) is 95.0 cm³/mol. The van der Waals surface area contributed by atoms with Crippen molar-refractivity contribution in [3.63, 3.8) is 0 Å². The van der Waals surface area contributed by atoms with Crippen LogP contribution in [0.4, 0.5) is 5.95 Å². The number of aromatic nitrogens is 5. The van der Waals surface area contributed by atoms with Crippen molar-refractivity contribution in [2.45, 2.75) is 69.7 Å². The molecule has 1 saturated heterocycles. The third-order valence-corrected chi connectivity index (χ3v) is 6.95. The first-order valence-corrected chi connectivity index (χ1v) is 10.2. The van der Waals surface area contributed by atoms with E-state index in [9.17, 15) is 0 Å². The zero-order valence-corrected chi connectivity index (χ0v) is 15.4. The third kappa shape index (κ3) is 2.25. The molecule has 0 spiro atoms. The molecule has 2 aromatic rings. The van der Waals surface area contributed by atoms with E-state index in [2.05, 4.69) is 29.9 Å². The van der Waals surface area contributed by atoms with Gasteiger partial charge in [0, 0.05) is 32.5 Å². The summed E-state index contributed by atoms with van der Waals surface area (Å²) < 4.78 is 8.37. The Bertz CT molecular complexity index is 835. The van der Waals surface area contributed by atoms with Gasteiger partial charge in [0.1, 0.15) is 5.82 Å². The molecule has 3 heterocycles. The van der Waals surface area contributed by atoms with E-state index in [1.165, 1.54) is 44.3 Å². The Kier molecular flexibility index (Phi) is 3.09. The summed E-state index contributed by atoms with van der Waals surface area (Å²) in [6.07, 6.45) is 8.90. The van der Waals surface area contributed by atoms with Crippen molar-refractivity contribution in [2.75, 3.05) is 18.0 Å². The lowest BCUT2D eigenvalue weighted by molar-refractivity contribution is 0.299. The Labute approximate surface area is 153 Å². The first-order chi connectivity index (χ1) is 12.7. The molecule has 4 fully saturated rings. The average molecular weight is 354 g/mol. The van der Waals surface area contributed by atoms with Crippen molar-refractivity contribution < 1.29 is 4.42 Å². The zero-order chi connectivity index (χ0) is 17.3. The fourth-order valence-electron chi connectivity index (χ4n) is 5.21. The fraction of sp³-hybridized carbons (Fsp3) is 0.789. The zero-order valence-electron chi connectivity index (χ0n) is 15.4. The molecule has 2 atom stereocenters. The molecule has 138 valence electrons. The largest absolute Gasteiger partial charge is 0.425 e. The van der Waals surface area contributed by atoms with Crippen LogP contribution in [0.5, 0.6) is 0 Å². The quantitative estimate of drug-likeness (QED) is 0.822. The highest BCUT2D eigenvalue weighted by atomic mass is 16.4.